The van der Waals surface area contributed by atoms with E-state index >= 15 is 0 Å². The number of carbonyl (C=O) groups excluding carboxylic acids is 1. The van der Waals surface area contributed by atoms with Gasteiger partial charge in [0.1, 0.15) is 4.90 Å². The molecule has 1 aromatic carbocycles. The molecular formula is C14H15F3O5S. The molecule has 1 aliphatic rings. The second-order valence-corrected chi connectivity index (χ2v) is 5.93. The summed E-state index contributed by atoms with van der Waals surface area (Å²) in [4.78, 5) is 11.4. The molecule has 23 heavy (non-hydrogen) atoms. The molecule has 0 aromatic heterocycles. The number of allylic oxidation sites excluding steroid dienone is 1. The molecule has 0 fully saturated rings. The molecule has 1 heterocycles. The first-order valence-corrected chi connectivity index (χ1v) is 7.57. The molecule has 0 saturated heterocycles. The molecule has 2 bridgehead atoms. The summed E-state index contributed by atoms with van der Waals surface area (Å²) in [5, 5.41) is 0. The highest BCUT2D eigenvalue weighted by molar-refractivity contribution is 7.86. The van der Waals surface area contributed by atoms with Crippen LogP contribution in [0.1, 0.15) is 19.9 Å². The molecule has 1 aliphatic heterocycles. The van der Waals surface area contributed by atoms with Gasteiger partial charge >= 0.3 is 22.3 Å². The Bertz CT molecular complexity index is 735. The summed E-state index contributed by atoms with van der Waals surface area (Å²) in [7, 11) is -4.68. The third kappa shape index (κ3) is 4.04. The van der Waals surface area contributed by atoms with Gasteiger partial charge in [0.05, 0.1) is 12.2 Å². The number of carbonyl (C=O) groups is 1. The van der Waals surface area contributed by atoms with Gasteiger partial charge in [0.15, 0.2) is 0 Å². The highest BCUT2D eigenvalue weighted by Crippen LogP contribution is 2.35. The molecule has 0 radical (unpaired) electrons. The number of alkyl halides is 3. The van der Waals surface area contributed by atoms with Crippen molar-refractivity contribution in [3.63, 3.8) is 0 Å². The van der Waals surface area contributed by atoms with E-state index in [0.29, 0.717) is 0 Å². The van der Waals surface area contributed by atoms with Crippen LogP contribution in [-0.2, 0) is 30.3 Å². The first-order valence-electron chi connectivity index (χ1n) is 6.16. The highest BCUT2D eigenvalue weighted by Gasteiger charge is 2.44. The maximum Gasteiger partial charge on any atom is 0.451 e. The molecule has 128 valence electrons. The predicted octanol–water partition coefficient (Wildman–Crippen LogP) is 2.96. The zero-order chi connectivity index (χ0) is 16.5. The molecule has 2 rings (SSSR count). The Kier molecular flexibility index (Phi) is 5.47. The number of benzene rings is 1. The summed E-state index contributed by atoms with van der Waals surface area (Å²) in [6.45, 7) is 1.27. The fourth-order valence-corrected chi connectivity index (χ4v) is 2.96. The van der Waals surface area contributed by atoms with Gasteiger partial charge in [-0.05, 0) is 24.6 Å². The smallest absolute Gasteiger partial charge is 0.451 e. The zero-order valence-electron chi connectivity index (χ0n) is 11.3. The summed E-state index contributed by atoms with van der Waals surface area (Å²) in [6, 6.07) is 5.04. The van der Waals surface area contributed by atoms with E-state index in [4.69, 9.17) is 0 Å². The van der Waals surface area contributed by atoms with E-state index in [1.807, 2.05) is 0 Å². The van der Waals surface area contributed by atoms with Crippen LogP contribution >= 0.6 is 0 Å². The maximum atomic E-state index is 13.1. The van der Waals surface area contributed by atoms with E-state index < -0.39 is 44.9 Å². The number of ether oxygens (including phenoxy) is 1. The van der Waals surface area contributed by atoms with Crippen LogP contribution in [0.2, 0.25) is 0 Å². The van der Waals surface area contributed by atoms with Gasteiger partial charge in [-0.3, -0.25) is 0 Å². The molecule has 5 nitrogen and oxygen atoms in total. The van der Waals surface area contributed by atoms with Crippen molar-refractivity contribution in [1.82, 2.24) is 0 Å². The summed E-state index contributed by atoms with van der Waals surface area (Å²) >= 11 is 0. The van der Waals surface area contributed by atoms with Crippen molar-refractivity contribution >= 4 is 16.1 Å². The van der Waals surface area contributed by atoms with Crippen LogP contribution in [0, 0.1) is 0 Å². The van der Waals surface area contributed by atoms with Crippen LogP contribution in [0.3, 0.4) is 0 Å². The zero-order valence-corrected chi connectivity index (χ0v) is 12.1. The summed E-state index contributed by atoms with van der Waals surface area (Å²) in [6.07, 6.45) is -5.59. The van der Waals surface area contributed by atoms with Gasteiger partial charge in [0.25, 0.3) is 0 Å². The average Bonchev–Trinajstić information content (AvgIpc) is 2.41. The lowest BCUT2D eigenvalue weighted by Crippen LogP contribution is -2.26. The van der Waals surface area contributed by atoms with E-state index in [0.717, 1.165) is 12.1 Å². The highest BCUT2D eigenvalue weighted by atomic mass is 32.2. The molecule has 0 aliphatic carbocycles. The van der Waals surface area contributed by atoms with Gasteiger partial charge in [-0.2, -0.15) is 21.6 Å². The van der Waals surface area contributed by atoms with Gasteiger partial charge < -0.3 is 8.92 Å². The quantitative estimate of drug-likeness (QED) is 0.605. The van der Waals surface area contributed by atoms with Gasteiger partial charge in [0, 0.05) is 6.42 Å². The number of hydrogen-bond donors (Lipinski definition) is 0. The molecule has 0 saturated carbocycles. The normalized spacial score (nSPS) is 16.5. The van der Waals surface area contributed by atoms with Crippen molar-refractivity contribution in [2.24, 2.45) is 0 Å². The molecule has 0 atom stereocenters. The molecule has 9 heteroatoms. The van der Waals surface area contributed by atoms with Crippen LogP contribution in [0.5, 0.6) is 0 Å². The minimum absolute atomic E-state index is 0. The second-order valence-electron chi connectivity index (χ2n) is 4.39. The summed E-state index contributed by atoms with van der Waals surface area (Å²) < 4.78 is 71.9. The van der Waals surface area contributed by atoms with Crippen molar-refractivity contribution in [2.75, 3.05) is 6.61 Å². The Morgan fingerprint density at radius 2 is 2.00 bits per heavy atom. The van der Waals surface area contributed by atoms with Crippen molar-refractivity contribution in [3.05, 3.63) is 41.2 Å². The van der Waals surface area contributed by atoms with Crippen LogP contribution in [0.15, 0.2) is 40.5 Å². The van der Waals surface area contributed by atoms with Crippen molar-refractivity contribution < 1.29 is 35.3 Å². The van der Waals surface area contributed by atoms with Crippen LogP contribution in [0.25, 0.3) is 0 Å². The third-order valence-corrected chi connectivity index (χ3v) is 4.03. The minimum Gasteiger partial charge on any atom is -0.463 e. The standard InChI is InChI=1S/C13H11F3O5S.CH4/c1-2-20-12(17)10-7-8-4-3-5-9(6-8)22(18,19)21-11(10)13(14,15)16;/h3-6H,2,7H2,1H3;1H4. The monoisotopic (exact) mass is 352 g/mol. The maximum absolute atomic E-state index is 13.1. The molecule has 0 unspecified atom stereocenters. The Labute approximate surface area is 131 Å². The van der Waals surface area contributed by atoms with Gasteiger partial charge in [-0.1, -0.05) is 19.6 Å². The van der Waals surface area contributed by atoms with Crippen molar-refractivity contribution in [2.45, 2.75) is 31.8 Å². The van der Waals surface area contributed by atoms with E-state index in [-0.39, 0.29) is 19.6 Å². The predicted molar refractivity (Wildman–Crippen MR) is 74.9 cm³/mol. The summed E-state index contributed by atoms with van der Waals surface area (Å²) in [5.74, 6) is -3.13. The minimum atomic E-state index is -5.15. The topological polar surface area (TPSA) is 69.7 Å². The Balaban J connectivity index is 0.00000264. The van der Waals surface area contributed by atoms with Crippen LogP contribution in [0.4, 0.5) is 13.2 Å². The van der Waals surface area contributed by atoms with Gasteiger partial charge in [-0.15, -0.1) is 0 Å². The number of esters is 1. The first kappa shape index (κ1) is 19.0. The van der Waals surface area contributed by atoms with Crippen LogP contribution < -0.4 is 0 Å². The number of fused-ring (bicyclic) bond motifs is 2. The third-order valence-electron chi connectivity index (χ3n) is 2.81. The first-order chi connectivity index (χ1) is 10.1. The fraction of sp³-hybridized carbons (Fsp3) is 0.357. The Morgan fingerprint density at radius 3 is 2.57 bits per heavy atom. The average molecular weight is 352 g/mol. The second kappa shape index (κ2) is 6.61. The van der Waals surface area contributed by atoms with Crippen LogP contribution in [-0.4, -0.2) is 27.2 Å². The number of hydrogen-bond acceptors (Lipinski definition) is 5. The fourth-order valence-electron chi connectivity index (χ4n) is 1.90. The number of rotatable bonds is 2. The van der Waals surface area contributed by atoms with Crippen molar-refractivity contribution in [1.29, 1.82) is 0 Å². The Morgan fingerprint density at radius 1 is 1.35 bits per heavy atom. The molecule has 0 N–H and O–H groups in total. The van der Waals surface area contributed by atoms with E-state index in [2.05, 4.69) is 8.92 Å². The molecule has 1 aromatic rings. The molecule has 0 amide bonds. The number of halogens is 3. The molecule has 0 spiro atoms. The summed E-state index contributed by atoms with van der Waals surface area (Å²) in [5.41, 5.74) is -0.649. The lowest BCUT2D eigenvalue weighted by molar-refractivity contribution is -0.142. The lowest BCUT2D eigenvalue weighted by atomic mass is 10.0. The largest absolute Gasteiger partial charge is 0.463 e. The Hall–Kier alpha value is -2.03. The van der Waals surface area contributed by atoms with Crippen molar-refractivity contribution in [3.8, 4) is 0 Å². The van der Waals surface area contributed by atoms with E-state index in [1.165, 1.54) is 19.1 Å². The van der Waals surface area contributed by atoms with E-state index in [9.17, 15) is 26.4 Å². The van der Waals surface area contributed by atoms with Gasteiger partial charge in [-0.25, -0.2) is 4.79 Å². The van der Waals surface area contributed by atoms with Gasteiger partial charge in [0.2, 0.25) is 5.76 Å². The lowest BCUT2D eigenvalue weighted by Gasteiger charge is -2.20. The van der Waals surface area contributed by atoms with E-state index in [1.54, 1.807) is 0 Å². The SMILES string of the molecule is C.CCOC(=O)C1=C(C(F)(F)F)OS(=O)(=O)c2cccc(c2)C1. The molecular weight excluding hydrogens is 337 g/mol.